The molecule has 1 aromatic heterocycles. The molecule has 0 amide bonds. The van der Waals surface area contributed by atoms with Crippen molar-refractivity contribution in [3.63, 3.8) is 0 Å². The molecule has 0 aliphatic carbocycles. The molecule has 0 aromatic carbocycles. The van der Waals surface area contributed by atoms with Gasteiger partial charge in [-0.15, -0.1) is 0 Å². The van der Waals surface area contributed by atoms with Gasteiger partial charge in [0.2, 0.25) is 0 Å². The molecule has 1 aromatic rings. The van der Waals surface area contributed by atoms with Gasteiger partial charge in [-0.25, -0.2) is 4.98 Å². The summed E-state index contributed by atoms with van der Waals surface area (Å²) >= 11 is 0. The van der Waals surface area contributed by atoms with E-state index in [1.54, 1.807) is 18.7 Å². The first-order valence-electron chi connectivity index (χ1n) is 1.43. The standard InChI is InChI=1S/C3H4N2.Au/c1-2-5-3-4-1;/h1-3H,(H,4,5);. The molecule has 1 radical (unpaired) electrons. The predicted molar refractivity (Wildman–Crippen MR) is 18.6 cm³/mol. The summed E-state index contributed by atoms with van der Waals surface area (Å²) in [5.41, 5.74) is 0. The molecule has 0 saturated heterocycles. The topological polar surface area (TPSA) is 28.7 Å². The monoisotopic (exact) mass is 265 g/mol. The zero-order valence-corrected chi connectivity index (χ0v) is 5.15. The van der Waals surface area contributed by atoms with Crippen molar-refractivity contribution in [2.24, 2.45) is 0 Å². The van der Waals surface area contributed by atoms with Gasteiger partial charge in [-0.3, -0.25) is 0 Å². The Hall–Kier alpha value is -0.0497. The Morgan fingerprint density at radius 3 is 2.50 bits per heavy atom. The Kier molecular flexibility index (Phi) is 3.13. The zero-order chi connectivity index (χ0) is 3.54. The van der Waals surface area contributed by atoms with Crippen molar-refractivity contribution >= 4 is 0 Å². The second kappa shape index (κ2) is 3.15. The van der Waals surface area contributed by atoms with Gasteiger partial charge in [-0.1, -0.05) is 0 Å². The van der Waals surface area contributed by atoms with Crippen LogP contribution >= 0.6 is 0 Å². The quantitative estimate of drug-likeness (QED) is 0.676. The third-order valence-electron chi connectivity index (χ3n) is 0.406. The first-order valence-corrected chi connectivity index (χ1v) is 1.43. The Morgan fingerprint density at radius 1 is 1.50 bits per heavy atom. The summed E-state index contributed by atoms with van der Waals surface area (Å²) in [6.07, 6.45) is 5.08. The molecule has 37 valence electrons. The van der Waals surface area contributed by atoms with E-state index in [0.717, 1.165) is 0 Å². The number of hydrogen-bond donors (Lipinski definition) is 1. The molecule has 1 rings (SSSR count). The van der Waals surface area contributed by atoms with E-state index in [9.17, 15) is 0 Å². The molecule has 0 bridgehead atoms. The smallest absolute Gasteiger partial charge is 0.0919 e. The molecule has 0 saturated carbocycles. The van der Waals surface area contributed by atoms with Gasteiger partial charge in [0, 0.05) is 34.8 Å². The maximum Gasteiger partial charge on any atom is 0.0919 e. The van der Waals surface area contributed by atoms with Crippen molar-refractivity contribution in [1.82, 2.24) is 9.97 Å². The fourth-order valence-corrected chi connectivity index (χ4v) is 0.215. The SMILES string of the molecule is [Au].c1c[nH]cn1. The molecule has 3 heteroatoms. The van der Waals surface area contributed by atoms with E-state index in [2.05, 4.69) is 9.97 Å². The zero-order valence-electron chi connectivity index (χ0n) is 2.98. The summed E-state index contributed by atoms with van der Waals surface area (Å²) in [6.45, 7) is 0. The van der Waals surface area contributed by atoms with E-state index >= 15 is 0 Å². The maximum atomic E-state index is 3.67. The summed E-state index contributed by atoms with van der Waals surface area (Å²) in [4.78, 5) is 6.42. The number of hydrogen-bond acceptors (Lipinski definition) is 1. The molecule has 6 heavy (non-hydrogen) atoms. The van der Waals surface area contributed by atoms with Crippen molar-refractivity contribution in [2.45, 2.75) is 0 Å². The van der Waals surface area contributed by atoms with Crippen molar-refractivity contribution in [3.05, 3.63) is 18.7 Å². The molecular formula is C3H4AuN2. The van der Waals surface area contributed by atoms with E-state index in [1.807, 2.05) is 0 Å². The Balaban J connectivity index is 0.000000250. The second-order valence-corrected chi connectivity index (χ2v) is 0.761. The number of rotatable bonds is 0. The molecule has 2 nitrogen and oxygen atoms in total. The van der Waals surface area contributed by atoms with Crippen LogP contribution in [0.5, 0.6) is 0 Å². The molecule has 0 aliphatic rings. The summed E-state index contributed by atoms with van der Waals surface area (Å²) < 4.78 is 0. The summed E-state index contributed by atoms with van der Waals surface area (Å²) in [5.74, 6) is 0. The van der Waals surface area contributed by atoms with Gasteiger partial charge >= 0.3 is 0 Å². The molecule has 0 unspecified atom stereocenters. The van der Waals surface area contributed by atoms with Crippen LogP contribution in [0.15, 0.2) is 18.7 Å². The van der Waals surface area contributed by atoms with Crippen molar-refractivity contribution in [3.8, 4) is 0 Å². The minimum atomic E-state index is 0. The molecule has 0 aliphatic heterocycles. The van der Waals surface area contributed by atoms with Crippen molar-refractivity contribution < 1.29 is 22.4 Å². The first-order chi connectivity index (χ1) is 2.50. The average molecular weight is 265 g/mol. The third-order valence-corrected chi connectivity index (χ3v) is 0.406. The minimum absolute atomic E-state index is 0. The Morgan fingerprint density at radius 2 is 2.33 bits per heavy atom. The Bertz CT molecular complexity index is 65.3. The van der Waals surface area contributed by atoms with Crippen LogP contribution in [0.25, 0.3) is 0 Å². The molecule has 0 atom stereocenters. The number of aromatic nitrogens is 2. The number of nitrogens with one attached hydrogen (secondary N) is 1. The molecular weight excluding hydrogens is 261 g/mol. The summed E-state index contributed by atoms with van der Waals surface area (Å²) in [5, 5.41) is 0. The van der Waals surface area contributed by atoms with E-state index in [4.69, 9.17) is 0 Å². The first kappa shape index (κ1) is 5.95. The van der Waals surface area contributed by atoms with Gasteiger partial charge < -0.3 is 4.98 Å². The molecule has 0 fully saturated rings. The number of imidazole rings is 1. The number of H-pyrrole nitrogens is 1. The van der Waals surface area contributed by atoms with Gasteiger partial charge in [-0.05, 0) is 0 Å². The van der Waals surface area contributed by atoms with Crippen molar-refractivity contribution in [2.75, 3.05) is 0 Å². The van der Waals surface area contributed by atoms with Gasteiger partial charge in [0.1, 0.15) is 0 Å². The molecule has 0 spiro atoms. The van der Waals surface area contributed by atoms with Gasteiger partial charge in [0.05, 0.1) is 6.33 Å². The van der Waals surface area contributed by atoms with Crippen LogP contribution in [-0.4, -0.2) is 9.97 Å². The number of nitrogens with zero attached hydrogens (tertiary/aromatic N) is 1. The van der Waals surface area contributed by atoms with Crippen LogP contribution < -0.4 is 0 Å². The van der Waals surface area contributed by atoms with Crippen LogP contribution in [0.4, 0.5) is 0 Å². The predicted octanol–water partition coefficient (Wildman–Crippen LogP) is 0.407. The van der Waals surface area contributed by atoms with Crippen LogP contribution in [0.3, 0.4) is 0 Å². The normalized spacial score (nSPS) is 6.67. The van der Waals surface area contributed by atoms with Gasteiger partial charge in [0.15, 0.2) is 0 Å². The summed E-state index contributed by atoms with van der Waals surface area (Å²) in [7, 11) is 0. The van der Waals surface area contributed by atoms with Gasteiger partial charge in [0.25, 0.3) is 0 Å². The fraction of sp³-hybridized carbons (Fsp3) is 0. The van der Waals surface area contributed by atoms with Crippen LogP contribution in [-0.2, 0) is 22.4 Å². The van der Waals surface area contributed by atoms with E-state index in [0.29, 0.717) is 0 Å². The third kappa shape index (κ3) is 1.40. The van der Waals surface area contributed by atoms with E-state index in [-0.39, 0.29) is 22.4 Å². The summed E-state index contributed by atoms with van der Waals surface area (Å²) in [6, 6.07) is 0. The Labute approximate surface area is 51.5 Å². The van der Waals surface area contributed by atoms with Crippen LogP contribution in [0.2, 0.25) is 0 Å². The fourth-order valence-electron chi connectivity index (χ4n) is 0.215. The second-order valence-electron chi connectivity index (χ2n) is 0.761. The van der Waals surface area contributed by atoms with Crippen LogP contribution in [0, 0.1) is 0 Å². The van der Waals surface area contributed by atoms with Crippen LogP contribution in [0.1, 0.15) is 0 Å². The van der Waals surface area contributed by atoms with E-state index < -0.39 is 0 Å². The van der Waals surface area contributed by atoms with E-state index in [1.165, 1.54) is 0 Å². The van der Waals surface area contributed by atoms with Crippen molar-refractivity contribution in [1.29, 1.82) is 0 Å². The maximum absolute atomic E-state index is 3.67. The molecule has 1 heterocycles. The average Bonchev–Trinajstić information content (AvgIpc) is 1.76. The molecule has 1 N–H and O–H groups in total. The minimum Gasteiger partial charge on any atom is -0.351 e. The van der Waals surface area contributed by atoms with Gasteiger partial charge in [-0.2, -0.15) is 0 Å². The largest absolute Gasteiger partial charge is 0.351 e. The number of aromatic amines is 1.